The Morgan fingerprint density at radius 3 is 1.96 bits per heavy atom. The number of alkyl halides is 3. The molecule has 0 heterocycles. The van der Waals surface area contributed by atoms with Crippen LogP contribution in [0.4, 0.5) is 13.2 Å². The van der Waals surface area contributed by atoms with Gasteiger partial charge in [-0.1, -0.05) is 12.1 Å². The molecule has 0 bridgehead atoms. The maximum atomic E-state index is 12.4. The van der Waals surface area contributed by atoms with Crippen LogP contribution in [0.5, 0.6) is 0 Å². The summed E-state index contributed by atoms with van der Waals surface area (Å²) >= 11 is 0. The fourth-order valence-corrected chi connectivity index (χ4v) is 1.52. The summed E-state index contributed by atoms with van der Waals surface area (Å²) < 4.78 is 37.2. The van der Waals surface area contributed by atoms with Gasteiger partial charge in [0.2, 0.25) is 17.7 Å². The van der Waals surface area contributed by atoms with Crippen molar-refractivity contribution < 1.29 is 27.6 Å². The van der Waals surface area contributed by atoms with Gasteiger partial charge in [-0.25, -0.2) is 0 Å². The van der Waals surface area contributed by atoms with Crippen LogP contribution in [0.15, 0.2) is 24.3 Å². The minimum absolute atomic E-state index is 0.0402. The molecule has 0 aromatic heterocycles. The van der Waals surface area contributed by atoms with E-state index in [0.717, 1.165) is 12.1 Å². The van der Waals surface area contributed by atoms with Crippen molar-refractivity contribution in [3.05, 3.63) is 35.4 Å². The molecule has 126 valence electrons. The van der Waals surface area contributed by atoms with Crippen molar-refractivity contribution in [3.8, 4) is 0 Å². The van der Waals surface area contributed by atoms with E-state index >= 15 is 0 Å². The predicted octanol–water partition coefficient (Wildman–Crippen LogP) is 0.574. The maximum Gasteiger partial charge on any atom is 0.416 e. The molecule has 0 aliphatic rings. The Bertz CT molecular complexity index is 571. The summed E-state index contributed by atoms with van der Waals surface area (Å²) in [5, 5.41) is 7.01. The molecular weight excluding hydrogens is 315 g/mol. The van der Waals surface area contributed by atoms with Gasteiger partial charge in [-0.2, -0.15) is 13.2 Å². The average Bonchev–Trinajstić information content (AvgIpc) is 2.48. The summed E-state index contributed by atoms with van der Waals surface area (Å²) in [6.07, 6.45) is -4.40. The molecule has 0 radical (unpaired) electrons. The molecule has 9 heteroatoms. The highest BCUT2D eigenvalue weighted by molar-refractivity contribution is 5.87. The minimum Gasteiger partial charge on any atom is -0.350 e. The van der Waals surface area contributed by atoms with Crippen LogP contribution in [-0.4, -0.2) is 30.8 Å². The normalized spacial score (nSPS) is 10.8. The largest absolute Gasteiger partial charge is 0.416 e. The third-order valence-electron chi connectivity index (χ3n) is 2.71. The van der Waals surface area contributed by atoms with E-state index in [-0.39, 0.29) is 25.5 Å². The number of halogens is 3. The van der Waals surface area contributed by atoms with Crippen molar-refractivity contribution in [2.24, 2.45) is 0 Å². The zero-order valence-electron chi connectivity index (χ0n) is 12.3. The first kappa shape index (κ1) is 18.5. The van der Waals surface area contributed by atoms with E-state index in [2.05, 4.69) is 16.0 Å². The van der Waals surface area contributed by atoms with Crippen LogP contribution in [0.2, 0.25) is 0 Å². The number of carbonyl (C=O) groups is 3. The van der Waals surface area contributed by atoms with E-state index in [1.165, 1.54) is 19.1 Å². The van der Waals surface area contributed by atoms with Gasteiger partial charge >= 0.3 is 6.18 Å². The first-order valence-electron chi connectivity index (χ1n) is 6.62. The van der Waals surface area contributed by atoms with E-state index in [4.69, 9.17) is 0 Å². The number of amides is 3. The highest BCUT2D eigenvalue weighted by atomic mass is 19.4. The number of carbonyl (C=O) groups excluding carboxylic acids is 3. The Hall–Kier alpha value is -2.58. The molecule has 0 aliphatic heterocycles. The highest BCUT2D eigenvalue weighted by Gasteiger charge is 2.29. The summed E-state index contributed by atoms with van der Waals surface area (Å²) in [5.74, 6) is -1.39. The third-order valence-corrected chi connectivity index (χ3v) is 2.71. The molecule has 23 heavy (non-hydrogen) atoms. The molecule has 0 atom stereocenters. The fraction of sp³-hybridized carbons (Fsp3) is 0.357. The average molecular weight is 331 g/mol. The second kappa shape index (κ2) is 8.16. The van der Waals surface area contributed by atoms with Gasteiger partial charge in [-0.3, -0.25) is 14.4 Å². The molecule has 0 spiro atoms. The standard InChI is InChI=1S/C14H16F3N3O3/c1-9(21)18-7-12(22)20-8-13(23)19-6-10-2-4-11(5-3-10)14(15,16)17/h2-5H,6-8H2,1H3,(H,18,21)(H,19,23)(H,20,22). The van der Waals surface area contributed by atoms with E-state index in [1.54, 1.807) is 0 Å². The van der Waals surface area contributed by atoms with Crippen LogP contribution >= 0.6 is 0 Å². The second-order valence-corrected chi connectivity index (χ2v) is 4.66. The highest BCUT2D eigenvalue weighted by Crippen LogP contribution is 2.28. The smallest absolute Gasteiger partial charge is 0.350 e. The monoisotopic (exact) mass is 331 g/mol. The Balaban J connectivity index is 2.33. The summed E-state index contributed by atoms with van der Waals surface area (Å²) in [7, 11) is 0. The van der Waals surface area contributed by atoms with Gasteiger partial charge in [0.25, 0.3) is 0 Å². The molecule has 1 aromatic carbocycles. The molecule has 3 amide bonds. The topological polar surface area (TPSA) is 87.3 Å². The van der Waals surface area contributed by atoms with Crippen LogP contribution < -0.4 is 16.0 Å². The SMILES string of the molecule is CC(=O)NCC(=O)NCC(=O)NCc1ccc(C(F)(F)F)cc1. The first-order valence-corrected chi connectivity index (χ1v) is 6.62. The second-order valence-electron chi connectivity index (χ2n) is 4.66. The molecule has 0 saturated heterocycles. The van der Waals surface area contributed by atoms with Crippen molar-refractivity contribution in [2.75, 3.05) is 13.1 Å². The van der Waals surface area contributed by atoms with Gasteiger partial charge in [-0.15, -0.1) is 0 Å². The van der Waals surface area contributed by atoms with Crippen LogP contribution in [0, 0.1) is 0 Å². The number of nitrogens with one attached hydrogen (secondary N) is 3. The van der Waals surface area contributed by atoms with Gasteiger partial charge in [-0.05, 0) is 17.7 Å². The molecule has 1 aromatic rings. The number of hydrogen-bond acceptors (Lipinski definition) is 3. The lowest BCUT2D eigenvalue weighted by atomic mass is 10.1. The Labute approximate surface area is 130 Å². The molecule has 0 fully saturated rings. The predicted molar refractivity (Wildman–Crippen MR) is 75.0 cm³/mol. The molecular formula is C14H16F3N3O3. The van der Waals surface area contributed by atoms with Crippen LogP contribution in [0.3, 0.4) is 0 Å². The summed E-state index contributed by atoms with van der Waals surface area (Å²) in [4.78, 5) is 33.3. The number of benzene rings is 1. The van der Waals surface area contributed by atoms with E-state index < -0.39 is 23.6 Å². The molecule has 0 unspecified atom stereocenters. The Morgan fingerprint density at radius 2 is 1.43 bits per heavy atom. The fourth-order valence-electron chi connectivity index (χ4n) is 1.52. The van der Waals surface area contributed by atoms with E-state index in [1.807, 2.05) is 0 Å². The zero-order chi connectivity index (χ0) is 17.5. The molecule has 1 rings (SSSR count). The molecule has 0 saturated carbocycles. The molecule has 3 N–H and O–H groups in total. The van der Waals surface area contributed by atoms with Crippen LogP contribution in [0.1, 0.15) is 18.1 Å². The van der Waals surface area contributed by atoms with Gasteiger partial charge in [0.1, 0.15) is 0 Å². The Kier molecular flexibility index (Phi) is 6.55. The maximum absolute atomic E-state index is 12.4. The van der Waals surface area contributed by atoms with Gasteiger partial charge in [0, 0.05) is 13.5 Å². The van der Waals surface area contributed by atoms with Crippen molar-refractivity contribution in [3.63, 3.8) is 0 Å². The lowest BCUT2D eigenvalue weighted by molar-refractivity contribution is -0.137. The van der Waals surface area contributed by atoms with Crippen molar-refractivity contribution in [1.29, 1.82) is 0 Å². The van der Waals surface area contributed by atoms with Crippen LogP contribution in [0.25, 0.3) is 0 Å². The Morgan fingerprint density at radius 1 is 0.913 bits per heavy atom. The minimum atomic E-state index is -4.40. The van der Waals surface area contributed by atoms with Gasteiger partial charge in [0.05, 0.1) is 18.7 Å². The quantitative estimate of drug-likeness (QED) is 0.712. The summed E-state index contributed by atoms with van der Waals surface area (Å²) in [6.45, 7) is 0.767. The van der Waals surface area contributed by atoms with Crippen molar-refractivity contribution in [1.82, 2.24) is 16.0 Å². The van der Waals surface area contributed by atoms with Crippen LogP contribution in [-0.2, 0) is 27.1 Å². The van der Waals surface area contributed by atoms with E-state index in [0.29, 0.717) is 5.56 Å². The van der Waals surface area contributed by atoms with E-state index in [9.17, 15) is 27.6 Å². The number of hydrogen-bond donors (Lipinski definition) is 3. The zero-order valence-corrected chi connectivity index (χ0v) is 12.3. The lowest BCUT2D eigenvalue weighted by Gasteiger charge is -2.09. The molecule has 0 aliphatic carbocycles. The first-order chi connectivity index (χ1) is 10.7. The van der Waals surface area contributed by atoms with Crippen molar-refractivity contribution in [2.45, 2.75) is 19.6 Å². The summed E-state index contributed by atoms with van der Waals surface area (Å²) in [6, 6.07) is 4.38. The van der Waals surface area contributed by atoms with Crippen molar-refractivity contribution >= 4 is 17.7 Å². The summed E-state index contributed by atoms with van der Waals surface area (Å²) in [5.41, 5.74) is -0.270. The lowest BCUT2D eigenvalue weighted by Crippen LogP contribution is -2.41. The third kappa shape index (κ3) is 7.30. The molecule has 6 nitrogen and oxygen atoms in total. The van der Waals surface area contributed by atoms with Gasteiger partial charge < -0.3 is 16.0 Å². The van der Waals surface area contributed by atoms with Gasteiger partial charge in [0.15, 0.2) is 0 Å². The number of rotatable bonds is 6.